The molecule has 96 valence electrons. The van der Waals surface area contributed by atoms with Crippen LogP contribution in [0.1, 0.15) is 25.3 Å². The normalized spacial score (nSPS) is 9.83. The Morgan fingerprint density at radius 2 is 1.72 bits per heavy atom. The molecule has 1 N–H and O–H groups in total. The van der Waals surface area contributed by atoms with Crippen LogP contribution in [0.2, 0.25) is 0 Å². The summed E-state index contributed by atoms with van der Waals surface area (Å²) in [4.78, 5) is 4.24. The summed E-state index contributed by atoms with van der Waals surface area (Å²) in [5.74, 6) is 0.664. The van der Waals surface area contributed by atoms with Gasteiger partial charge in [-0.2, -0.15) is 0 Å². The maximum Gasteiger partial charge on any atom is 0.133 e. The Kier molecular flexibility index (Phi) is 6.09. The summed E-state index contributed by atoms with van der Waals surface area (Å²) in [6, 6.07) is 11.7. The lowest BCUT2D eigenvalue weighted by Gasteiger charge is -2.11. The van der Waals surface area contributed by atoms with Crippen LogP contribution < -0.4 is 0 Å². The minimum Gasteiger partial charge on any atom is -0.506 e. The molecule has 18 heavy (non-hydrogen) atoms. The van der Waals surface area contributed by atoms with E-state index in [0.29, 0.717) is 5.92 Å². The van der Waals surface area contributed by atoms with E-state index in [0.717, 1.165) is 11.3 Å². The minimum absolute atomic E-state index is 0.200. The first-order valence-electron chi connectivity index (χ1n) is 5.63. The highest BCUT2D eigenvalue weighted by molar-refractivity contribution is 8.59. The maximum absolute atomic E-state index is 9.22. The van der Waals surface area contributed by atoms with Crippen molar-refractivity contribution in [2.45, 2.75) is 19.8 Å². The van der Waals surface area contributed by atoms with Crippen molar-refractivity contribution in [1.29, 1.82) is 0 Å². The van der Waals surface area contributed by atoms with Gasteiger partial charge in [-0.15, -0.1) is 23.3 Å². The maximum atomic E-state index is 9.22. The smallest absolute Gasteiger partial charge is 0.133 e. The van der Waals surface area contributed by atoms with Crippen molar-refractivity contribution in [2.24, 2.45) is 0 Å². The first-order valence-corrected chi connectivity index (χ1v) is 7.23. The molecule has 0 spiro atoms. The zero-order valence-corrected chi connectivity index (χ0v) is 12.2. The summed E-state index contributed by atoms with van der Waals surface area (Å²) < 4.78 is 0. The van der Waals surface area contributed by atoms with Crippen LogP contribution in [0.15, 0.2) is 42.6 Å². The quantitative estimate of drug-likeness (QED) is 0.564. The van der Waals surface area contributed by atoms with Crippen LogP contribution >= 0.6 is 23.3 Å². The highest BCUT2D eigenvalue weighted by atomic mass is 33.1. The van der Waals surface area contributed by atoms with Crippen molar-refractivity contribution >= 4 is 23.3 Å². The SMILES string of the molecule is CC(C)c1ccccc1-c1ccc(O)cn1.SS. The summed E-state index contributed by atoms with van der Waals surface area (Å²) in [6.45, 7) is 4.33. The van der Waals surface area contributed by atoms with E-state index < -0.39 is 0 Å². The lowest BCUT2D eigenvalue weighted by atomic mass is 9.95. The van der Waals surface area contributed by atoms with Crippen molar-refractivity contribution in [3.63, 3.8) is 0 Å². The second kappa shape index (κ2) is 7.34. The van der Waals surface area contributed by atoms with E-state index in [1.807, 2.05) is 18.2 Å². The van der Waals surface area contributed by atoms with Gasteiger partial charge >= 0.3 is 0 Å². The van der Waals surface area contributed by atoms with Crippen LogP contribution in [0.5, 0.6) is 5.75 Å². The van der Waals surface area contributed by atoms with Gasteiger partial charge in [0.05, 0.1) is 11.9 Å². The number of hydrogen-bond donors (Lipinski definition) is 3. The van der Waals surface area contributed by atoms with Crippen LogP contribution in [0.4, 0.5) is 0 Å². The predicted octanol–water partition coefficient (Wildman–Crippen LogP) is 4.34. The zero-order chi connectivity index (χ0) is 13.5. The molecule has 1 aromatic heterocycles. The Hall–Kier alpha value is -1.13. The number of aromatic hydroxyl groups is 1. The fourth-order valence-corrected chi connectivity index (χ4v) is 1.78. The summed E-state index contributed by atoms with van der Waals surface area (Å²) >= 11 is 6.44. The van der Waals surface area contributed by atoms with Gasteiger partial charge in [0.25, 0.3) is 0 Å². The van der Waals surface area contributed by atoms with Crippen molar-refractivity contribution in [2.75, 3.05) is 0 Å². The first kappa shape index (κ1) is 14.9. The Balaban J connectivity index is 0.000000771. The van der Waals surface area contributed by atoms with Crippen molar-refractivity contribution < 1.29 is 5.11 Å². The number of nitrogens with zero attached hydrogens (tertiary/aromatic N) is 1. The molecule has 0 aliphatic rings. The molecule has 2 nitrogen and oxygen atoms in total. The fraction of sp³-hybridized carbons (Fsp3) is 0.214. The number of benzene rings is 1. The van der Waals surface area contributed by atoms with Crippen LogP contribution in [-0.2, 0) is 0 Å². The molecule has 0 radical (unpaired) electrons. The minimum atomic E-state index is 0.200. The molecule has 4 heteroatoms. The number of hydrogen-bond acceptors (Lipinski definition) is 4. The second-order valence-corrected chi connectivity index (χ2v) is 4.14. The molecule has 0 amide bonds. The standard InChI is InChI=1S/C14H15NO.H2S2/c1-10(2)12-5-3-4-6-13(12)14-8-7-11(16)9-15-14;1-2/h3-10,16H,1-2H3;1-2H. The number of thiol groups is 2. The average Bonchev–Trinajstić information content (AvgIpc) is 2.42. The van der Waals surface area contributed by atoms with Crippen LogP contribution in [0.3, 0.4) is 0 Å². The largest absolute Gasteiger partial charge is 0.506 e. The molecule has 0 aliphatic heterocycles. The fourth-order valence-electron chi connectivity index (χ4n) is 1.78. The van der Waals surface area contributed by atoms with Gasteiger partial charge in [0.1, 0.15) is 5.75 Å². The molecule has 0 atom stereocenters. The summed E-state index contributed by atoms with van der Waals surface area (Å²) in [7, 11) is 0. The summed E-state index contributed by atoms with van der Waals surface area (Å²) in [6.07, 6.45) is 1.48. The molecule has 1 heterocycles. The van der Waals surface area contributed by atoms with Crippen molar-refractivity contribution in [3.05, 3.63) is 48.2 Å². The molecule has 2 aromatic rings. The topological polar surface area (TPSA) is 33.1 Å². The third-order valence-corrected chi connectivity index (χ3v) is 2.61. The lowest BCUT2D eigenvalue weighted by Crippen LogP contribution is -1.93. The molecular formula is C14H17NOS2. The van der Waals surface area contributed by atoms with Gasteiger partial charge < -0.3 is 5.11 Å². The highest BCUT2D eigenvalue weighted by Gasteiger charge is 2.08. The van der Waals surface area contributed by atoms with Crippen LogP contribution in [-0.4, -0.2) is 10.1 Å². The van der Waals surface area contributed by atoms with Crippen molar-refractivity contribution in [3.8, 4) is 17.0 Å². The molecule has 0 bridgehead atoms. The van der Waals surface area contributed by atoms with E-state index in [9.17, 15) is 5.11 Å². The van der Waals surface area contributed by atoms with E-state index in [1.165, 1.54) is 11.8 Å². The van der Waals surface area contributed by atoms with Gasteiger partial charge in [-0.25, -0.2) is 0 Å². The molecule has 0 saturated carbocycles. The van der Waals surface area contributed by atoms with Gasteiger partial charge in [-0.3, -0.25) is 4.98 Å². The first-order chi connectivity index (χ1) is 8.68. The number of pyridine rings is 1. The van der Waals surface area contributed by atoms with Crippen molar-refractivity contribution in [1.82, 2.24) is 4.98 Å². The highest BCUT2D eigenvalue weighted by Crippen LogP contribution is 2.28. The number of aromatic nitrogens is 1. The summed E-state index contributed by atoms with van der Waals surface area (Å²) in [5, 5.41) is 9.22. The van der Waals surface area contributed by atoms with Gasteiger partial charge in [0.2, 0.25) is 0 Å². The number of rotatable bonds is 2. The molecule has 0 unspecified atom stereocenters. The molecular weight excluding hydrogens is 262 g/mol. The third kappa shape index (κ3) is 3.68. The van der Waals surface area contributed by atoms with Gasteiger partial charge in [-0.1, -0.05) is 38.1 Å². The Labute approximate surface area is 118 Å². The Bertz CT molecular complexity index is 483. The summed E-state index contributed by atoms with van der Waals surface area (Å²) in [5.41, 5.74) is 3.32. The molecule has 2 rings (SSSR count). The third-order valence-electron chi connectivity index (χ3n) is 2.61. The monoisotopic (exact) mass is 279 g/mol. The lowest BCUT2D eigenvalue weighted by molar-refractivity contribution is 0.473. The molecule has 0 fully saturated rings. The van der Waals surface area contributed by atoms with E-state index in [-0.39, 0.29) is 5.75 Å². The van der Waals surface area contributed by atoms with E-state index in [1.54, 1.807) is 6.07 Å². The van der Waals surface area contributed by atoms with E-state index in [4.69, 9.17) is 0 Å². The average molecular weight is 279 g/mol. The molecule has 0 saturated heterocycles. The van der Waals surface area contributed by atoms with E-state index in [2.05, 4.69) is 54.3 Å². The molecule has 1 aromatic carbocycles. The zero-order valence-electron chi connectivity index (χ0n) is 10.4. The van der Waals surface area contributed by atoms with Gasteiger partial charge in [0, 0.05) is 5.56 Å². The molecule has 0 aliphatic carbocycles. The van der Waals surface area contributed by atoms with E-state index >= 15 is 0 Å². The Morgan fingerprint density at radius 3 is 2.28 bits per heavy atom. The predicted molar refractivity (Wildman–Crippen MR) is 83.4 cm³/mol. The van der Waals surface area contributed by atoms with Gasteiger partial charge in [-0.05, 0) is 23.6 Å². The van der Waals surface area contributed by atoms with Crippen LogP contribution in [0, 0.1) is 0 Å². The van der Waals surface area contributed by atoms with Crippen LogP contribution in [0.25, 0.3) is 11.3 Å². The van der Waals surface area contributed by atoms with Gasteiger partial charge in [0.15, 0.2) is 0 Å². The second-order valence-electron chi connectivity index (χ2n) is 4.14. The Morgan fingerprint density at radius 1 is 1.06 bits per heavy atom.